The van der Waals surface area contributed by atoms with Crippen molar-refractivity contribution in [2.45, 2.75) is 18.5 Å². The summed E-state index contributed by atoms with van der Waals surface area (Å²) < 4.78 is 9.34. The molecule has 0 bridgehead atoms. The number of hydrogen-bond donors (Lipinski definition) is 1. The third-order valence-corrected chi connectivity index (χ3v) is 3.89. The van der Waals surface area contributed by atoms with Crippen molar-refractivity contribution in [2.24, 2.45) is 5.92 Å². The van der Waals surface area contributed by atoms with Gasteiger partial charge in [0.15, 0.2) is 0 Å². The van der Waals surface area contributed by atoms with Crippen molar-refractivity contribution in [1.29, 1.82) is 0 Å². The van der Waals surface area contributed by atoms with E-state index in [-0.39, 0.29) is 12.1 Å². The molecule has 1 N–H and O–H groups in total. The first-order chi connectivity index (χ1) is 10.9. The lowest BCUT2D eigenvalue weighted by Gasteiger charge is -2.24. The highest BCUT2D eigenvalue weighted by molar-refractivity contribution is 5.80. The molecule has 124 valence electrons. The zero-order valence-corrected chi connectivity index (χ0v) is 12.5. The molecule has 1 aliphatic heterocycles. The van der Waals surface area contributed by atoms with Crippen LogP contribution < -0.4 is 0 Å². The highest BCUT2D eigenvalue weighted by Gasteiger charge is 2.49. The van der Waals surface area contributed by atoms with Crippen LogP contribution >= 0.6 is 0 Å². The average molecular weight is 324 g/mol. The Morgan fingerprint density at radius 3 is 2.26 bits per heavy atom. The van der Waals surface area contributed by atoms with E-state index in [9.17, 15) is 24.9 Å². The number of nitro benzene ring substituents is 1. The van der Waals surface area contributed by atoms with Gasteiger partial charge < -0.3 is 14.7 Å². The molecule has 1 saturated heterocycles. The van der Waals surface area contributed by atoms with Crippen LogP contribution in [-0.2, 0) is 19.1 Å². The van der Waals surface area contributed by atoms with Crippen molar-refractivity contribution in [1.82, 2.24) is 5.06 Å². The summed E-state index contributed by atoms with van der Waals surface area (Å²) in [7, 11) is 2.39. The second-order valence-corrected chi connectivity index (χ2v) is 5.08. The van der Waals surface area contributed by atoms with Crippen LogP contribution in [-0.4, -0.2) is 47.4 Å². The van der Waals surface area contributed by atoms with Crippen LogP contribution in [0.1, 0.15) is 18.0 Å². The molecule has 0 aromatic heterocycles. The van der Waals surface area contributed by atoms with Gasteiger partial charge in [-0.05, 0) is 12.0 Å². The van der Waals surface area contributed by atoms with Crippen LogP contribution in [0.15, 0.2) is 24.3 Å². The summed E-state index contributed by atoms with van der Waals surface area (Å²) in [6.07, 6.45) is 0.0253. The van der Waals surface area contributed by atoms with E-state index in [0.717, 1.165) is 5.06 Å². The average Bonchev–Trinajstić information content (AvgIpc) is 2.90. The van der Waals surface area contributed by atoms with Gasteiger partial charge in [-0.1, -0.05) is 12.1 Å². The predicted molar refractivity (Wildman–Crippen MR) is 75.4 cm³/mol. The molecule has 3 atom stereocenters. The van der Waals surface area contributed by atoms with Crippen LogP contribution in [0.25, 0.3) is 0 Å². The summed E-state index contributed by atoms with van der Waals surface area (Å²) in [6.45, 7) is 0. The highest BCUT2D eigenvalue weighted by atomic mass is 16.6. The molecule has 0 unspecified atom stereocenters. The summed E-state index contributed by atoms with van der Waals surface area (Å²) in [4.78, 5) is 33.8. The number of non-ortho nitro benzene ring substituents is 1. The fourth-order valence-electron chi connectivity index (χ4n) is 2.75. The van der Waals surface area contributed by atoms with Crippen molar-refractivity contribution < 1.29 is 29.2 Å². The number of carbonyl (C=O) groups excluding carboxylic acids is 2. The number of methoxy groups -OCH3 is 2. The predicted octanol–water partition coefficient (Wildman–Crippen LogP) is 1.06. The van der Waals surface area contributed by atoms with Crippen LogP contribution in [0.2, 0.25) is 0 Å². The minimum absolute atomic E-state index is 0.0253. The first-order valence-corrected chi connectivity index (χ1v) is 6.78. The first kappa shape index (κ1) is 16.8. The maximum Gasteiger partial charge on any atom is 0.325 e. The van der Waals surface area contributed by atoms with Crippen molar-refractivity contribution in [3.8, 4) is 0 Å². The number of ether oxygens (including phenoxy) is 2. The van der Waals surface area contributed by atoms with Crippen molar-refractivity contribution in [3.63, 3.8) is 0 Å². The van der Waals surface area contributed by atoms with Crippen molar-refractivity contribution in [3.05, 3.63) is 39.9 Å². The van der Waals surface area contributed by atoms with Crippen molar-refractivity contribution in [2.75, 3.05) is 14.2 Å². The Kier molecular flexibility index (Phi) is 4.92. The fourth-order valence-corrected chi connectivity index (χ4v) is 2.75. The smallest absolute Gasteiger partial charge is 0.325 e. The number of rotatable bonds is 4. The molecule has 0 aliphatic carbocycles. The summed E-state index contributed by atoms with van der Waals surface area (Å²) in [6, 6.07) is 3.53. The number of carbonyl (C=O) groups is 2. The van der Waals surface area contributed by atoms with Crippen LogP contribution in [0.5, 0.6) is 0 Å². The van der Waals surface area contributed by atoms with Crippen LogP contribution in [0.4, 0.5) is 5.69 Å². The van der Waals surface area contributed by atoms with E-state index in [2.05, 4.69) is 4.74 Å². The van der Waals surface area contributed by atoms with Crippen LogP contribution in [0, 0.1) is 16.0 Å². The maximum absolute atomic E-state index is 12.0. The van der Waals surface area contributed by atoms with Gasteiger partial charge in [0.25, 0.3) is 5.69 Å². The Balaban J connectivity index is 2.36. The highest BCUT2D eigenvalue weighted by Crippen LogP contribution is 2.41. The van der Waals surface area contributed by atoms with Gasteiger partial charge in [-0.15, -0.1) is 0 Å². The molecule has 9 heteroatoms. The number of nitro groups is 1. The normalized spacial score (nSPS) is 24.2. The van der Waals surface area contributed by atoms with Gasteiger partial charge in [0, 0.05) is 12.1 Å². The van der Waals surface area contributed by atoms with Gasteiger partial charge in [0.2, 0.25) is 0 Å². The topological polar surface area (TPSA) is 119 Å². The van der Waals surface area contributed by atoms with E-state index < -0.39 is 34.9 Å². The van der Waals surface area contributed by atoms with Crippen LogP contribution in [0.3, 0.4) is 0 Å². The molecule has 0 spiro atoms. The number of nitrogens with zero attached hydrogens (tertiary/aromatic N) is 2. The summed E-state index contributed by atoms with van der Waals surface area (Å²) in [5.41, 5.74) is 0.343. The Morgan fingerprint density at radius 2 is 1.78 bits per heavy atom. The third-order valence-electron chi connectivity index (χ3n) is 3.89. The van der Waals surface area contributed by atoms with Gasteiger partial charge in [0.05, 0.1) is 31.1 Å². The van der Waals surface area contributed by atoms with Gasteiger partial charge in [-0.25, -0.2) is 0 Å². The second-order valence-electron chi connectivity index (χ2n) is 5.08. The quantitative estimate of drug-likeness (QED) is 0.496. The Morgan fingerprint density at radius 1 is 1.22 bits per heavy atom. The number of hydrogen-bond acceptors (Lipinski definition) is 8. The van der Waals surface area contributed by atoms with Gasteiger partial charge >= 0.3 is 11.9 Å². The SMILES string of the molecule is COC(=O)[C@@H]1C[C@@H](C(=O)OC)N(O)[C@@H]1c1ccc([N+](=O)[O-])cc1. The molecule has 0 radical (unpaired) electrons. The molecule has 1 aliphatic rings. The van der Waals surface area contributed by atoms with E-state index in [4.69, 9.17) is 4.74 Å². The van der Waals surface area contributed by atoms with E-state index in [1.54, 1.807) is 0 Å². The Bertz CT molecular complexity index is 616. The molecule has 23 heavy (non-hydrogen) atoms. The van der Waals surface area contributed by atoms with Gasteiger partial charge in [0.1, 0.15) is 6.04 Å². The minimum atomic E-state index is -1.01. The van der Waals surface area contributed by atoms with E-state index in [0.29, 0.717) is 5.56 Å². The maximum atomic E-state index is 12.0. The molecule has 9 nitrogen and oxygen atoms in total. The zero-order chi connectivity index (χ0) is 17.1. The largest absolute Gasteiger partial charge is 0.469 e. The molecular formula is C14H16N2O7. The molecule has 1 fully saturated rings. The van der Waals surface area contributed by atoms with E-state index in [1.165, 1.54) is 38.5 Å². The third kappa shape index (κ3) is 3.15. The van der Waals surface area contributed by atoms with E-state index in [1.807, 2.05) is 0 Å². The standard InChI is InChI=1S/C14H16N2O7/c1-22-13(17)10-7-11(14(18)23-2)15(19)12(10)8-3-5-9(6-4-8)16(20)21/h3-6,10-12,19H,7H2,1-2H3/t10-,11+,12-/m1/s1. The number of esters is 2. The number of hydroxylamine groups is 2. The molecule has 2 rings (SSSR count). The molecule has 1 aromatic carbocycles. The zero-order valence-electron chi connectivity index (χ0n) is 12.5. The number of benzene rings is 1. The first-order valence-electron chi connectivity index (χ1n) is 6.78. The van der Waals surface area contributed by atoms with Crippen molar-refractivity contribution >= 4 is 17.6 Å². The molecular weight excluding hydrogens is 308 g/mol. The van der Waals surface area contributed by atoms with Gasteiger partial charge in [-0.3, -0.25) is 19.7 Å². The summed E-state index contributed by atoms with van der Waals surface area (Å²) >= 11 is 0. The summed E-state index contributed by atoms with van der Waals surface area (Å²) in [5.74, 6) is -2.06. The fraction of sp³-hybridized carbons (Fsp3) is 0.429. The lowest BCUT2D eigenvalue weighted by atomic mass is 9.93. The molecule has 1 aromatic rings. The summed E-state index contributed by atoms with van der Waals surface area (Å²) in [5, 5.41) is 21.7. The minimum Gasteiger partial charge on any atom is -0.469 e. The Hall–Kier alpha value is -2.52. The molecule has 0 saturated carbocycles. The second kappa shape index (κ2) is 6.71. The lowest BCUT2D eigenvalue weighted by molar-refractivity contribution is -0.384. The monoisotopic (exact) mass is 324 g/mol. The van der Waals surface area contributed by atoms with E-state index >= 15 is 0 Å². The molecule has 1 heterocycles. The van der Waals surface area contributed by atoms with Gasteiger partial charge in [-0.2, -0.15) is 5.06 Å². The Labute approximate surface area is 131 Å². The lowest BCUT2D eigenvalue weighted by Crippen LogP contribution is -2.36. The molecule has 0 amide bonds.